The number of sulfonamides is 1. The van der Waals surface area contributed by atoms with Crippen molar-refractivity contribution in [2.45, 2.75) is 44.3 Å². The summed E-state index contributed by atoms with van der Waals surface area (Å²) in [6, 6.07) is 8.47. The van der Waals surface area contributed by atoms with Gasteiger partial charge in [-0.15, -0.1) is 0 Å². The average molecular weight is 452 g/mol. The molecule has 3 rings (SSSR count). The summed E-state index contributed by atoms with van der Waals surface area (Å²) in [5, 5.41) is 6.74. The minimum atomic E-state index is -3.64. The average Bonchev–Trinajstić information content (AvgIpc) is 3.08. The number of aryl methyl sites for hydroxylation is 3. The smallest absolute Gasteiger partial charge is 0.248 e. The molecule has 1 fully saturated rings. The molecule has 0 radical (unpaired) electrons. The lowest BCUT2D eigenvalue weighted by molar-refractivity contribution is -0.125. The maximum Gasteiger partial charge on any atom is 0.248 e. The second-order valence-corrected chi connectivity index (χ2v) is 10.6. The van der Waals surface area contributed by atoms with E-state index in [0.717, 1.165) is 11.5 Å². The molecule has 0 spiro atoms. The number of nitrogens with zero attached hydrogens (tertiary/aromatic N) is 2. The zero-order valence-electron chi connectivity index (χ0n) is 17.7. The number of piperidine rings is 1. The van der Waals surface area contributed by atoms with Crippen molar-refractivity contribution in [3.8, 4) is 0 Å². The normalized spacial score (nSPS) is 16.0. The molecule has 0 unspecified atom stereocenters. The number of aromatic nitrogens is 1. The molecule has 7 nitrogen and oxygen atoms in total. The number of benzene rings is 1. The summed E-state index contributed by atoms with van der Waals surface area (Å²) in [6.45, 7) is 6.57. The highest BCUT2D eigenvalue weighted by Crippen LogP contribution is 2.27. The summed E-state index contributed by atoms with van der Waals surface area (Å²) in [6.07, 6.45) is 1.04. The molecule has 1 N–H and O–H groups in total. The number of hydrogen-bond acceptors (Lipinski definition) is 6. The fourth-order valence-corrected chi connectivity index (χ4v) is 6.18. The molecular weight excluding hydrogens is 422 g/mol. The molecule has 2 heterocycles. The van der Waals surface area contributed by atoms with Crippen molar-refractivity contribution < 1.29 is 17.7 Å². The van der Waals surface area contributed by atoms with Gasteiger partial charge in [0.25, 0.3) is 0 Å². The van der Waals surface area contributed by atoms with Crippen LogP contribution in [-0.2, 0) is 20.6 Å². The van der Waals surface area contributed by atoms with Crippen LogP contribution in [0.2, 0.25) is 0 Å². The molecule has 0 atom stereocenters. The minimum Gasteiger partial charge on any atom is -0.360 e. The fourth-order valence-electron chi connectivity index (χ4n) is 3.60. The summed E-state index contributed by atoms with van der Waals surface area (Å²) >= 11 is 1.79. The molecule has 0 saturated carbocycles. The van der Waals surface area contributed by atoms with E-state index >= 15 is 0 Å². The second kappa shape index (κ2) is 9.98. The fraction of sp³-hybridized carbons (Fsp3) is 0.524. The lowest BCUT2D eigenvalue weighted by Gasteiger charge is -2.30. The van der Waals surface area contributed by atoms with Crippen LogP contribution in [0.3, 0.4) is 0 Å². The van der Waals surface area contributed by atoms with Gasteiger partial charge in [0.2, 0.25) is 15.9 Å². The van der Waals surface area contributed by atoms with Crippen LogP contribution in [0.1, 0.15) is 35.4 Å². The van der Waals surface area contributed by atoms with E-state index < -0.39 is 10.0 Å². The Morgan fingerprint density at radius 2 is 1.87 bits per heavy atom. The minimum absolute atomic E-state index is 0.0142. The number of carbonyl (C=O) groups excluding carboxylic acids is 1. The van der Waals surface area contributed by atoms with Crippen molar-refractivity contribution in [2.75, 3.05) is 25.4 Å². The maximum absolute atomic E-state index is 12.9. The van der Waals surface area contributed by atoms with Gasteiger partial charge in [0.15, 0.2) is 5.76 Å². The van der Waals surface area contributed by atoms with E-state index in [-0.39, 0.29) is 16.7 Å². The second-order valence-electron chi connectivity index (χ2n) is 7.66. The van der Waals surface area contributed by atoms with Gasteiger partial charge >= 0.3 is 0 Å². The van der Waals surface area contributed by atoms with Crippen LogP contribution in [0.25, 0.3) is 0 Å². The Balaban J connectivity index is 1.40. The van der Waals surface area contributed by atoms with Crippen molar-refractivity contribution in [1.29, 1.82) is 0 Å². The molecule has 30 heavy (non-hydrogen) atoms. The first kappa shape index (κ1) is 22.8. The lowest BCUT2D eigenvalue weighted by atomic mass is 9.97. The SMILES string of the molecule is Cc1ccc(CSCCNC(=O)C2CCN(S(=O)(=O)c3c(C)noc3C)CC2)cc1. The number of carbonyl (C=O) groups is 1. The van der Waals surface area contributed by atoms with E-state index in [0.29, 0.717) is 43.9 Å². The van der Waals surface area contributed by atoms with Crippen molar-refractivity contribution in [3.05, 3.63) is 46.8 Å². The molecule has 1 aromatic heterocycles. The molecule has 1 aliphatic rings. The zero-order chi connectivity index (χ0) is 21.7. The number of rotatable bonds is 8. The molecule has 1 amide bonds. The van der Waals surface area contributed by atoms with Gasteiger partial charge in [-0.2, -0.15) is 16.1 Å². The monoisotopic (exact) mass is 451 g/mol. The largest absolute Gasteiger partial charge is 0.360 e. The van der Waals surface area contributed by atoms with Crippen molar-refractivity contribution in [2.24, 2.45) is 5.92 Å². The van der Waals surface area contributed by atoms with Gasteiger partial charge in [0.05, 0.1) is 0 Å². The van der Waals surface area contributed by atoms with Crippen molar-refractivity contribution >= 4 is 27.7 Å². The number of thioether (sulfide) groups is 1. The zero-order valence-corrected chi connectivity index (χ0v) is 19.3. The lowest BCUT2D eigenvalue weighted by Crippen LogP contribution is -2.43. The van der Waals surface area contributed by atoms with Gasteiger partial charge in [-0.25, -0.2) is 8.42 Å². The molecule has 0 bridgehead atoms. The van der Waals surface area contributed by atoms with Crippen molar-refractivity contribution in [1.82, 2.24) is 14.8 Å². The van der Waals surface area contributed by atoms with E-state index in [9.17, 15) is 13.2 Å². The quantitative estimate of drug-likeness (QED) is 0.620. The summed E-state index contributed by atoms with van der Waals surface area (Å²) in [5.74, 6) is 1.94. The molecule has 1 saturated heterocycles. The third kappa shape index (κ3) is 5.44. The summed E-state index contributed by atoms with van der Waals surface area (Å²) < 4.78 is 32.2. The number of amides is 1. The Morgan fingerprint density at radius 1 is 1.20 bits per heavy atom. The highest BCUT2D eigenvalue weighted by molar-refractivity contribution is 7.98. The van der Waals surface area contributed by atoms with E-state index in [4.69, 9.17) is 4.52 Å². The predicted molar refractivity (Wildman–Crippen MR) is 118 cm³/mol. The summed E-state index contributed by atoms with van der Waals surface area (Å²) in [7, 11) is -3.64. The van der Waals surface area contributed by atoms with Crippen LogP contribution >= 0.6 is 11.8 Å². The van der Waals surface area contributed by atoms with Gasteiger partial charge in [-0.1, -0.05) is 35.0 Å². The van der Waals surface area contributed by atoms with Crippen LogP contribution in [0.15, 0.2) is 33.7 Å². The molecule has 2 aromatic rings. The van der Waals surface area contributed by atoms with Crippen LogP contribution in [0.4, 0.5) is 0 Å². The summed E-state index contributed by atoms with van der Waals surface area (Å²) in [5.41, 5.74) is 2.90. The van der Waals surface area contributed by atoms with Crippen LogP contribution in [-0.4, -0.2) is 49.2 Å². The van der Waals surface area contributed by atoms with Crippen LogP contribution in [0, 0.1) is 26.7 Å². The Kier molecular flexibility index (Phi) is 7.60. The van der Waals surface area contributed by atoms with Gasteiger partial charge in [0.1, 0.15) is 10.6 Å². The molecule has 0 aliphatic carbocycles. The first-order valence-corrected chi connectivity index (χ1v) is 12.7. The Bertz CT molecular complexity index is 943. The van der Waals surface area contributed by atoms with Crippen molar-refractivity contribution in [3.63, 3.8) is 0 Å². The highest BCUT2D eigenvalue weighted by Gasteiger charge is 2.35. The molecule has 1 aliphatic heterocycles. The van der Waals surface area contributed by atoms with Gasteiger partial charge in [-0.05, 0) is 39.2 Å². The first-order chi connectivity index (χ1) is 14.3. The molecule has 9 heteroatoms. The van der Waals surface area contributed by atoms with Gasteiger partial charge in [0, 0.05) is 37.1 Å². The van der Waals surface area contributed by atoms with E-state index in [1.807, 2.05) is 0 Å². The summed E-state index contributed by atoms with van der Waals surface area (Å²) in [4.78, 5) is 12.6. The predicted octanol–water partition coefficient (Wildman–Crippen LogP) is 3.05. The van der Waals surface area contributed by atoms with E-state index in [2.05, 4.69) is 41.7 Å². The highest BCUT2D eigenvalue weighted by atomic mass is 32.2. The molecular formula is C21H29N3O4S2. The Morgan fingerprint density at radius 3 is 2.47 bits per heavy atom. The maximum atomic E-state index is 12.9. The molecule has 1 aromatic carbocycles. The number of nitrogens with one attached hydrogen (secondary N) is 1. The topological polar surface area (TPSA) is 92.5 Å². The van der Waals surface area contributed by atoms with Crippen LogP contribution in [0.5, 0.6) is 0 Å². The third-order valence-electron chi connectivity index (χ3n) is 5.33. The van der Waals surface area contributed by atoms with Crippen LogP contribution < -0.4 is 5.32 Å². The van der Waals surface area contributed by atoms with Gasteiger partial charge < -0.3 is 9.84 Å². The van der Waals surface area contributed by atoms with E-state index in [1.54, 1.807) is 25.6 Å². The number of hydrogen-bond donors (Lipinski definition) is 1. The first-order valence-electron chi connectivity index (χ1n) is 10.1. The van der Waals surface area contributed by atoms with E-state index in [1.165, 1.54) is 15.4 Å². The molecule has 164 valence electrons. The third-order valence-corrected chi connectivity index (χ3v) is 8.50. The Labute approximate surface area is 182 Å². The standard InChI is InChI=1S/C21H29N3O4S2/c1-15-4-6-18(7-5-15)14-29-13-10-22-21(25)19-8-11-24(12-9-19)30(26,27)20-16(2)23-28-17(20)3/h4-7,19H,8-14H2,1-3H3,(H,22,25). The Hall–Kier alpha value is -1.84. The van der Waals surface area contributed by atoms with Gasteiger partial charge in [-0.3, -0.25) is 4.79 Å².